The normalized spacial score (nSPS) is 10.1. The number of ether oxygens (including phenoxy) is 2. The smallest absolute Gasteiger partial charge is 0.187 e. The monoisotopic (exact) mass is 382 g/mol. The molecule has 0 aliphatic heterocycles. The van der Waals surface area contributed by atoms with Crippen LogP contribution in [0.4, 0.5) is 0 Å². The fraction of sp³-hybridized carbons (Fsp3) is 0.118. The molecule has 0 saturated heterocycles. The van der Waals surface area contributed by atoms with Crippen molar-refractivity contribution in [1.29, 1.82) is 5.41 Å². The van der Waals surface area contributed by atoms with Crippen molar-refractivity contribution < 1.29 is 9.47 Å². The van der Waals surface area contributed by atoms with Crippen LogP contribution in [0.1, 0.15) is 0 Å². The average molecular weight is 383 g/mol. The molecule has 3 rings (SSSR count). The molecule has 0 aliphatic carbocycles. The molecule has 2 aromatic carbocycles. The summed E-state index contributed by atoms with van der Waals surface area (Å²) >= 11 is 7.33. The van der Waals surface area contributed by atoms with E-state index in [2.05, 4.69) is 0 Å². The third-order valence-corrected chi connectivity index (χ3v) is 4.49. The largest absolute Gasteiger partial charge is 0.497 e. The molecule has 126 valence electrons. The third-order valence-electron chi connectivity index (χ3n) is 3.49. The van der Waals surface area contributed by atoms with E-state index in [1.165, 1.54) is 11.3 Å². The molecule has 0 aliphatic rings. The fourth-order valence-corrected chi connectivity index (χ4v) is 3.25. The number of nitrogens with one attached hydrogen (secondary N) is 1. The third kappa shape index (κ3) is 3.43. The van der Waals surface area contributed by atoms with Crippen molar-refractivity contribution >= 4 is 35.3 Å². The fourth-order valence-electron chi connectivity index (χ4n) is 2.35. The van der Waals surface area contributed by atoms with Crippen LogP contribution in [-0.2, 0) is 0 Å². The number of benzene rings is 2. The first-order valence-corrected chi connectivity index (χ1v) is 8.13. The van der Waals surface area contributed by atoms with E-state index >= 15 is 0 Å². The summed E-state index contributed by atoms with van der Waals surface area (Å²) in [6.07, 6.45) is 0. The van der Waals surface area contributed by atoms with Crippen molar-refractivity contribution in [1.82, 2.24) is 4.57 Å². The summed E-state index contributed by atoms with van der Waals surface area (Å²) in [4.78, 5) is 0.415. The second-order valence-electron chi connectivity index (χ2n) is 4.81. The number of thiazole rings is 1. The maximum Gasteiger partial charge on any atom is 0.187 e. The first-order chi connectivity index (χ1) is 11.1. The molecule has 0 unspecified atom stereocenters. The van der Waals surface area contributed by atoms with Gasteiger partial charge in [0.2, 0.25) is 0 Å². The Hall–Kier alpha value is -1.95. The maximum absolute atomic E-state index is 8.26. The van der Waals surface area contributed by atoms with Gasteiger partial charge in [-0.3, -0.25) is 9.98 Å². The number of halogens is 2. The van der Waals surface area contributed by atoms with E-state index in [4.69, 9.17) is 26.5 Å². The minimum absolute atomic E-state index is 0. The zero-order chi connectivity index (χ0) is 16.4. The van der Waals surface area contributed by atoms with E-state index in [1.807, 2.05) is 52.4 Å². The molecule has 1 heterocycles. The Morgan fingerprint density at radius 3 is 2.38 bits per heavy atom. The zero-order valence-electron chi connectivity index (χ0n) is 13.1. The number of hydrogen-bond donors (Lipinski definition) is 1. The minimum Gasteiger partial charge on any atom is -0.497 e. The van der Waals surface area contributed by atoms with Crippen LogP contribution < -0.4 is 14.3 Å². The predicted molar refractivity (Wildman–Crippen MR) is 100 cm³/mol. The van der Waals surface area contributed by atoms with Crippen LogP contribution in [0.15, 0.2) is 47.8 Å². The molecule has 0 spiro atoms. The van der Waals surface area contributed by atoms with Crippen LogP contribution in [0.5, 0.6) is 11.5 Å². The summed E-state index contributed by atoms with van der Waals surface area (Å²) in [6, 6.07) is 13.1. The van der Waals surface area contributed by atoms with Crippen molar-refractivity contribution in [2.24, 2.45) is 0 Å². The highest BCUT2D eigenvalue weighted by Crippen LogP contribution is 2.31. The summed E-state index contributed by atoms with van der Waals surface area (Å²) in [7, 11) is 3.22. The Bertz CT molecular complexity index is 888. The molecule has 7 heteroatoms. The van der Waals surface area contributed by atoms with Crippen LogP contribution in [-0.4, -0.2) is 18.8 Å². The number of methoxy groups -OCH3 is 2. The molecule has 24 heavy (non-hydrogen) atoms. The molecule has 0 fully saturated rings. The quantitative estimate of drug-likeness (QED) is 0.705. The Labute approximate surface area is 155 Å². The molecule has 4 nitrogen and oxygen atoms in total. The highest BCUT2D eigenvalue weighted by molar-refractivity contribution is 7.07. The van der Waals surface area contributed by atoms with Crippen molar-refractivity contribution in [3.8, 4) is 28.4 Å². The minimum atomic E-state index is 0. The second kappa shape index (κ2) is 7.75. The summed E-state index contributed by atoms with van der Waals surface area (Å²) in [5.41, 5.74) is 2.70. The maximum atomic E-state index is 8.26. The highest BCUT2D eigenvalue weighted by atomic mass is 35.5. The SMILES string of the molecule is COc1ccc(-n2c(-c3ccc(Cl)cc3)csc2=N)c(OC)c1.Cl. The van der Waals surface area contributed by atoms with Crippen molar-refractivity contribution in [3.05, 3.63) is 57.7 Å². The molecule has 0 amide bonds. The van der Waals surface area contributed by atoms with E-state index < -0.39 is 0 Å². The van der Waals surface area contributed by atoms with E-state index in [-0.39, 0.29) is 12.4 Å². The van der Waals surface area contributed by atoms with Crippen LogP contribution in [0.3, 0.4) is 0 Å². The Kier molecular flexibility index (Phi) is 5.94. The molecule has 3 aromatic rings. The summed E-state index contributed by atoms with van der Waals surface area (Å²) in [6.45, 7) is 0. The number of aromatic nitrogens is 1. The number of hydrogen-bond acceptors (Lipinski definition) is 4. The number of nitrogens with zero attached hydrogens (tertiary/aromatic N) is 1. The molecular weight excluding hydrogens is 367 g/mol. The molecule has 0 atom stereocenters. The van der Waals surface area contributed by atoms with Gasteiger partial charge in [0.05, 0.1) is 25.6 Å². The average Bonchev–Trinajstić information content (AvgIpc) is 2.96. The van der Waals surface area contributed by atoms with E-state index in [1.54, 1.807) is 14.2 Å². The van der Waals surface area contributed by atoms with E-state index in [0.29, 0.717) is 21.3 Å². The first-order valence-electron chi connectivity index (χ1n) is 6.87. The Balaban J connectivity index is 0.00000208. The van der Waals surface area contributed by atoms with Crippen molar-refractivity contribution in [2.45, 2.75) is 0 Å². The lowest BCUT2D eigenvalue weighted by Gasteiger charge is -2.14. The Morgan fingerprint density at radius 2 is 1.75 bits per heavy atom. The summed E-state index contributed by atoms with van der Waals surface area (Å²) < 4.78 is 12.6. The first kappa shape index (κ1) is 18.4. The lowest BCUT2D eigenvalue weighted by molar-refractivity contribution is 0.393. The number of rotatable bonds is 4. The van der Waals surface area contributed by atoms with Crippen LogP contribution >= 0.6 is 35.3 Å². The van der Waals surface area contributed by atoms with Crippen LogP contribution in [0, 0.1) is 5.41 Å². The summed E-state index contributed by atoms with van der Waals surface area (Å²) in [5, 5.41) is 10.9. The topological polar surface area (TPSA) is 47.2 Å². The Morgan fingerprint density at radius 1 is 1.04 bits per heavy atom. The lowest BCUT2D eigenvalue weighted by Crippen LogP contribution is -2.13. The standard InChI is InChI=1S/C17H15ClN2O2S.ClH/c1-21-13-7-8-14(16(9-13)22-2)20-15(10-23-17(20)19)11-3-5-12(18)6-4-11;/h3-10,19H,1-2H3;1H. The van der Waals surface area contributed by atoms with Gasteiger partial charge in [0.1, 0.15) is 11.5 Å². The van der Waals surface area contributed by atoms with Gasteiger partial charge in [-0.1, -0.05) is 23.7 Å². The van der Waals surface area contributed by atoms with Gasteiger partial charge in [-0.25, -0.2) is 0 Å². The van der Waals surface area contributed by atoms with Gasteiger partial charge in [-0.15, -0.1) is 23.7 Å². The molecule has 0 bridgehead atoms. The van der Waals surface area contributed by atoms with Crippen LogP contribution in [0.25, 0.3) is 16.9 Å². The van der Waals surface area contributed by atoms with Gasteiger partial charge in [-0.2, -0.15) is 0 Å². The van der Waals surface area contributed by atoms with Crippen molar-refractivity contribution in [2.75, 3.05) is 14.2 Å². The lowest BCUT2D eigenvalue weighted by atomic mass is 10.1. The van der Waals surface area contributed by atoms with Gasteiger partial charge in [0, 0.05) is 16.5 Å². The van der Waals surface area contributed by atoms with Gasteiger partial charge in [-0.05, 0) is 29.8 Å². The van der Waals surface area contributed by atoms with Gasteiger partial charge in [0.15, 0.2) is 4.80 Å². The van der Waals surface area contributed by atoms with Gasteiger partial charge >= 0.3 is 0 Å². The van der Waals surface area contributed by atoms with Crippen molar-refractivity contribution in [3.63, 3.8) is 0 Å². The second-order valence-corrected chi connectivity index (χ2v) is 6.10. The highest BCUT2D eigenvalue weighted by Gasteiger charge is 2.14. The van der Waals surface area contributed by atoms with Crippen LogP contribution in [0.2, 0.25) is 5.02 Å². The zero-order valence-corrected chi connectivity index (χ0v) is 15.5. The molecule has 1 N–H and O–H groups in total. The molecule has 1 aromatic heterocycles. The molecular formula is C17H16Cl2N2O2S. The van der Waals surface area contributed by atoms with Gasteiger partial charge < -0.3 is 9.47 Å². The van der Waals surface area contributed by atoms with Gasteiger partial charge in [0.25, 0.3) is 0 Å². The summed E-state index contributed by atoms with van der Waals surface area (Å²) in [5.74, 6) is 1.36. The van der Waals surface area contributed by atoms with E-state index in [0.717, 1.165) is 16.9 Å². The molecule has 0 saturated carbocycles. The molecule has 0 radical (unpaired) electrons. The van der Waals surface area contributed by atoms with E-state index in [9.17, 15) is 0 Å². The predicted octanol–water partition coefficient (Wildman–Crippen LogP) is 4.78.